The molecule has 0 bridgehead atoms. The van der Waals surface area contributed by atoms with Crippen LogP contribution in [0.2, 0.25) is 0 Å². The Morgan fingerprint density at radius 1 is 1.22 bits per heavy atom. The number of fused-ring (bicyclic) bond motifs is 1. The zero-order valence-corrected chi connectivity index (χ0v) is 14.9. The van der Waals surface area contributed by atoms with Gasteiger partial charge in [-0.25, -0.2) is 0 Å². The lowest BCUT2D eigenvalue weighted by Crippen LogP contribution is -2.42. The van der Waals surface area contributed by atoms with Crippen LogP contribution in [-0.4, -0.2) is 40.1 Å². The molecule has 4 N–H and O–H groups in total. The van der Waals surface area contributed by atoms with Gasteiger partial charge in [-0.1, -0.05) is 6.08 Å². The van der Waals surface area contributed by atoms with E-state index in [9.17, 15) is 9.59 Å². The Morgan fingerprint density at radius 2 is 1.96 bits per heavy atom. The molecule has 1 atom stereocenters. The quantitative estimate of drug-likeness (QED) is 0.614. The largest absolute Gasteiger partial charge is 0.495 e. The summed E-state index contributed by atoms with van der Waals surface area (Å²) in [5.74, 6) is -0.706. The second-order valence-electron chi connectivity index (χ2n) is 5.89. The average molecular weight is 365 g/mol. The van der Waals surface area contributed by atoms with Crippen LogP contribution in [0.1, 0.15) is 28.5 Å². The SMILES string of the molecule is COc1c(C(=O)NC(C)C(N)=O)ccc2[nH]nc(/C=C/c3ccncc3)c12. The van der Waals surface area contributed by atoms with Crippen LogP contribution in [0.3, 0.4) is 0 Å². The van der Waals surface area contributed by atoms with Gasteiger partial charge in [0.05, 0.1) is 29.3 Å². The van der Waals surface area contributed by atoms with Crippen molar-refractivity contribution in [2.45, 2.75) is 13.0 Å². The first kappa shape index (κ1) is 18.1. The Bertz CT molecular complexity index is 1010. The average Bonchev–Trinajstić information content (AvgIpc) is 3.09. The summed E-state index contributed by atoms with van der Waals surface area (Å²) in [6, 6.07) is 6.28. The van der Waals surface area contributed by atoms with Crippen molar-refractivity contribution in [2.75, 3.05) is 7.11 Å². The van der Waals surface area contributed by atoms with Crippen LogP contribution in [0.4, 0.5) is 0 Å². The number of H-pyrrole nitrogens is 1. The number of nitrogens with two attached hydrogens (primary N) is 1. The summed E-state index contributed by atoms with van der Waals surface area (Å²) in [6.45, 7) is 1.52. The van der Waals surface area contributed by atoms with Crippen molar-refractivity contribution in [3.63, 3.8) is 0 Å². The van der Waals surface area contributed by atoms with Gasteiger partial charge in [0.25, 0.3) is 5.91 Å². The van der Waals surface area contributed by atoms with E-state index < -0.39 is 17.9 Å². The van der Waals surface area contributed by atoms with E-state index >= 15 is 0 Å². The highest BCUT2D eigenvalue weighted by atomic mass is 16.5. The number of aromatic amines is 1. The zero-order valence-electron chi connectivity index (χ0n) is 14.9. The highest BCUT2D eigenvalue weighted by Crippen LogP contribution is 2.32. The fraction of sp³-hybridized carbons (Fsp3) is 0.158. The second-order valence-corrected chi connectivity index (χ2v) is 5.89. The van der Waals surface area contributed by atoms with E-state index in [0.29, 0.717) is 16.8 Å². The number of carbonyl (C=O) groups excluding carboxylic acids is 2. The summed E-state index contributed by atoms with van der Waals surface area (Å²) in [6.07, 6.45) is 7.11. The van der Waals surface area contributed by atoms with Gasteiger partial charge in [-0.2, -0.15) is 5.10 Å². The van der Waals surface area contributed by atoms with Crippen LogP contribution >= 0.6 is 0 Å². The van der Waals surface area contributed by atoms with Crippen LogP contribution in [0.15, 0.2) is 36.7 Å². The van der Waals surface area contributed by atoms with Gasteiger partial charge in [-0.15, -0.1) is 0 Å². The van der Waals surface area contributed by atoms with Crippen molar-refractivity contribution >= 4 is 34.9 Å². The van der Waals surface area contributed by atoms with Gasteiger partial charge < -0.3 is 15.8 Å². The molecular weight excluding hydrogens is 346 g/mol. The standard InChI is InChI=1S/C19H19N5O3/c1-11(18(20)25)22-19(26)13-4-6-15-16(17(13)27-2)14(23-24-15)5-3-12-7-9-21-10-8-12/h3-11H,1-2H3,(H2,20,25)(H,22,26)(H,23,24)/b5-3+. The van der Waals surface area contributed by atoms with Gasteiger partial charge in [0.1, 0.15) is 11.8 Å². The molecule has 0 aliphatic carbocycles. The van der Waals surface area contributed by atoms with Crippen molar-refractivity contribution in [1.29, 1.82) is 0 Å². The third kappa shape index (κ3) is 3.79. The van der Waals surface area contributed by atoms with E-state index in [1.165, 1.54) is 14.0 Å². The molecule has 3 rings (SSSR count). The van der Waals surface area contributed by atoms with Crippen LogP contribution in [0.5, 0.6) is 5.75 Å². The summed E-state index contributed by atoms with van der Waals surface area (Å²) in [7, 11) is 1.48. The van der Waals surface area contributed by atoms with Crippen molar-refractivity contribution in [2.24, 2.45) is 5.73 Å². The third-order valence-electron chi connectivity index (χ3n) is 4.07. The van der Waals surface area contributed by atoms with E-state index in [1.807, 2.05) is 24.3 Å². The molecule has 3 aromatic rings. The molecule has 0 saturated carbocycles. The maximum absolute atomic E-state index is 12.5. The van der Waals surface area contributed by atoms with Crippen molar-refractivity contribution in [3.05, 3.63) is 53.5 Å². The van der Waals surface area contributed by atoms with Crippen molar-refractivity contribution in [1.82, 2.24) is 20.5 Å². The lowest BCUT2D eigenvalue weighted by atomic mass is 10.1. The number of amides is 2. The Labute approximate surface area is 155 Å². The molecule has 0 aliphatic rings. The van der Waals surface area contributed by atoms with Gasteiger partial charge in [0.15, 0.2) is 0 Å². The molecule has 138 valence electrons. The number of carbonyl (C=O) groups is 2. The maximum Gasteiger partial charge on any atom is 0.255 e. The number of nitrogens with zero attached hydrogens (tertiary/aromatic N) is 2. The number of methoxy groups -OCH3 is 1. The smallest absolute Gasteiger partial charge is 0.255 e. The highest BCUT2D eigenvalue weighted by molar-refractivity contribution is 6.06. The highest BCUT2D eigenvalue weighted by Gasteiger charge is 2.21. The molecule has 0 radical (unpaired) electrons. The number of primary amides is 1. The maximum atomic E-state index is 12.5. The van der Waals surface area contributed by atoms with Crippen molar-refractivity contribution in [3.8, 4) is 5.75 Å². The van der Waals surface area contributed by atoms with Crippen LogP contribution in [0, 0.1) is 0 Å². The minimum Gasteiger partial charge on any atom is -0.495 e. The van der Waals surface area contributed by atoms with Gasteiger partial charge >= 0.3 is 0 Å². The predicted molar refractivity (Wildman–Crippen MR) is 102 cm³/mol. The summed E-state index contributed by atoms with van der Waals surface area (Å²) in [5, 5.41) is 10.4. The van der Waals surface area contributed by atoms with Gasteiger partial charge in [0, 0.05) is 12.4 Å². The zero-order chi connectivity index (χ0) is 19.4. The number of pyridine rings is 1. The van der Waals surface area contributed by atoms with Gasteiger partial charge in [-0.05, 0) is 42.8 Å². The van der Waals surface area contributed by atoms with E-state index in [4.69, 9.17) is 10.5 Å². The van der Waals surface area contributed by atoms with Gasteiger partial charge in [0.2, 0.25) is 5.91 Å². The molecule has 2 amide bonds. The number of aromatic nitrogens is 3. The molecule has 1 aromatic carbocycles. The molecule has 27 heavy (non-hydrogen) atoms. The number of rotatable bonds is 6. The molecule has 2 aromatic heterocycles. The molecule has 2 heterocycles. The molecule has 0 fully saturated rings. The van der Waals surface area contributed by atoms with Crippen molar-refractivity contribution < 1.29 is 14.3 Å². The fourth-order valence-corrected chi connectivity index (χ4v) is 2.61. The van der Waals surface area contributed by atoms with Crippen LogP contribution in [0.25, 0.3) is 23.1 Å². The van der Waals surface area contributed by atoms with E-state index in [0.717, 1.165) is 11.1 Å². The summed E-state index contributed by atoms with van der Waals surface area (Å²) in [5.41, 5.74) is 7.81. The molecule has 0 aliphatic heterocycles. The van der Waals surface area contributed by atoms with Gasteiger partial charge in [-0.3, -0.25) is 19.7 Å². The lowest BCUT2D eigenvalue weighted by Gasteiger charge is -2.13. The molecular formula is C19H19N5O3. The Hall–Kier alpha value is -3.68. The van der Waals surface area contributed by atoms with E-state index in [2.05, 4.69) is 20.5 Å². The van der Waals surface area contributed by atoms with Crippen LogP contribution < -0.4 is 15.8 Å². The predicted octanol–water partition coefficient (Wildman–Crippen LogP) is 1.74. The number of hydrogen-bond acceptors (Lipinski definition) is 5. The monoisotopic (exact) mass is 365 g/mol. The number of hydrogen-bond donors (Lipinski definition) is 3. The molecule has 8 nitrogen and oxygen atoms in total. The minimum atomic E-state index is -0.798. The molecule has 1 unspecified atom stereocenters. The lowest BCUT2D eigenvalue weighted by molar-refractivity contribution is -0.119. The normalized spacial score (nSPS) is 12.2. The molecule has 0 saturated heterocycles. The Balaban J connectivity index is 2.02. The van der Waals surface area contributed by atoms with E-state index in [1.54, 1.807) is 24.5 Å². The van der Waals surface area contributed by atoms with E-state index in [-0.39, 0.29) is 5.56 Å². The fourth-order valence-electron chi connectivity index (χ4n) is 2.61. The minimum absolute atomic E-state index is 0.290. The molecule has 8 heteroatoms. The second kappa shape index (κ2) is 7.69. The summed E-state index contributed by atoms with van der Waals surface area (Å²) < 4.78 is 5.49. The number of ether oxygens (including phenoxy) is 1. The first-order valence-electron chi connectivity index (χ1n) is 8.24. The Kier molecular flexibility index (Phi) is 5.16. The third-order valence-corrected chi connectivity index (χ3v) is 4.07. The first-order chi connectivity index (χ1) is 13.0. The topological polar surface area (TPSA) is 123 Å². The molecule has 0 spiro atoms. The Morgan fingerprint density at radius 3 is 2.63 bits per heavy atom. The van der Waals surface area contributed by atoms with Crippen LogP contribution in [-0.2, 0) is 4.79 Å². The first-order valence-corrected chi connectivity index (χ1v) is 8.24. The number of nitrogens with one attached hydrogen (secondary N) is 2. The summed E-state index contributed by atoms with van der Waals surface area (Å²) in [4.78, 5) is 27.7. The summed E-state index contributed by atoms with van der Waals surface area (Å²) >= 11 is 0. The number of benzene rings is 1.